The van der Waals surface area contributed by atoms with E-state index in [9.17, 15) is 0 Å². The van der Waals surface area contributed by atoms with Gasteiger partial charge in [0.05, 0.1) is 30.2 Å². The molecule has 0 radical (unpaired) electrons. The lowest BCUT2D eigenvalue weighted by Crippen LogP contribution is -2.00. The van der Waals surface area contributed by atoms with Gasteiger partial charge in [0.25, 0.3) is 0 Å². The molecular formula is C13H11N3O. The molecule has 2 aromatic heterocycles. The van der Waals surface area contributed by atoms with Crippen molar-refractivity contribution >= 4 is 16.6 Å². The number of furan rings is 1. The number of nitrogens with zero attached hydrogens (tertiary/aromatic N) is 2. The molecule has 0 fully saturated rings. The molecule has 0 atom stereocenters. The lowest BCUT2D eigenvalue weighted by molar-refractivity contribution is 0.518. The van der Waals surface area contributed by atoms with E-state index >= 15 is 0 Å². The van der Waals surface area contributed by atoms with Gasteiger partial charge >= 0.3 is 0 Å². The highest BCUT2D eigenvalue weighted by molar-refractivity contribution is 5.90. The summed E-state index contributed by atoms with van der Waals surface area (Å²) in [6.07, 6.45) is 3.39. The van der Waals surface area contributed by atoms with Gasteiger partial charge < -0.3 is 9.73 Å². The van der Waals surface area contributed by atoms with Crippen LogP contribution in [0.3, 0.4) is 0 Å². The molecule has 0 unspecified atom stereocenters. The van der Waals surface area contributed by atoms with E-state index in [2.05, 4.69) is 15.5 Å². The Kier molecular flexibility index (Phi) is 2.46. The van der Waals surface area contributed by atoms with Crippen molar-refractivity contribution in [3.05, 3.63) is 54.6 Å². The number of hydrogen-bond donors (Lipinski definition) is 1. The smallest absolute Gasteiger partial charge is 0.122 e. The summed E-state index contributed by atoms with van der Waals surface area (Å²) in [5, 5.41) is 12.4. The first-order chi connectivity index (χ1) is 8.43. The first kappa shape index (κ1) is 9.84. The number of rotatable bonds is 3. The average Bonchev–Trinajstić information content (AvgIpc) is 2.89. The lowest BCUT2D eigenvalue weighted by Gasteiger charge is -2.06. The second-order valence-corrected chi connectivity index (χ2v) is 3.71. The average molecular weight is 225 g/mol. The minimum Gasteiger partial charge on any atom is -0.467 e. The molecule has 17 heavy (non-hydrogen) atoms. The Hall–Kier alpha value is -2.36. The molecule has 0 aliphatic carbocycles. The highest BCUT2D eigenvalue weighted by atomic mass is 16.3. The number of aromatic nitrogens is 2. The van der Waals surface area contributed by atoms with Crippen LogP contribution in [0.5, 0.6) is 0 Å². The van der Waals surface area contributed by atoms with Crippen LogP contribution < -0.4 is 5.32 Å². The predicted molar refractivity (Wildman–Crippen MR) is 65.6 cm³/mol. The van der Waals surface area contributed by atoms with E-state index in [-0.39, 0.29) is 0 Å². The number of benzene rings is 1. The monoisotopic (exact) mass is 225 g/mol. The van der Waals surface area contributed by atoms with Crippen LogP contribution in [0, 0.1) is 0 Å². The standard InChI is InChI=1S/C13H11N3O/c1-2-6-12-11(5-1)13(9-15-16-12)14-8-10-4-3-7-17-10/h1-7,9H,8H2,(H,14,16). The summed E-state index contributed by atoms with van der Waals surface area (Å²) in [4.78, 5) is 0. The number of hydrogen-bond acceptors (Lipinski definition) is 4. The highest BCUT2D eigenvalue weighted by Crippen LogP contribution is 2.20. The van der Waals surface area contributed by atoms with Crippen LogP contribution in [0.2, 0.25) is 0 Å². The second-order valence-electron chi connectivity index (χ2n) is 3.71. The summed E-state index contributed by atoms with van der Waals surface area (Å²) in [5.41, 5.74) is 1.85. The Morgan fingerprint density at radius 2 is 2.06 bits per heavy atom. The van der Waals surface area contributed by atoms with Gasteiger partial charge in [0.15, 0.2) is 0 Å². The molecular weight excluding hydrogens is 214 g/mol. The fourth-order valence-corrected chi connectivity index (χ4v) is 1.74. The summed E-state index contributed by atoms with van der Waals surface area (Å²) in [5.74, 6) is 0.894. The fraction of sp³-hybridized carbons (Fsp3) is 0.0769. The lowest BCUT2D eigenvalue weighted by atomic mass is 10.2. The molecule has 1 aromatic carbocycles. The van der Waals surface area contributed by atoms with E-state index in [1.165, 1.54) is 0 Å². The van der Waals surface area contributed by atoms with Crippen molar-refractivity contribution in [2.24, 2.45) is 0 Å². The van der Waals surface area contributed by atoms with Crippen molar-refractivity contribution in [2.45, 2.75) is 6.54 Å². The van der Waals surface area contributed by atoms with Gasteiger partial charge in [-0.3, -0.25) is 0 Å². The molecule has 0 amide bonds. The zero-order chi connectivity index (χ0) is 11.5. The Morgan fingerprint density at radius 3 is 2.94 bits per heavy atom. The van der Waals surface area contributed by atoms with Gasteiger partial charge in [0.1, 0.15) is 5.76 Å². The van der Waals surface area contributed by atoms with Crippen molar-refractivity contribution in [2.75, 3.05) is 5.32 Å². The van der Waals surface area contributed by atoms with Gasteiger partial charge in [-0.25, -0.2) is 0 Å². The normalized spacial score (nSPS) is 10.6. The molecule has 0 aliphatic heterocycles. The minimum atomic E-state index is 0.642. The molecule has 84 valence electrons. The van der Waals surface area contributed by atoms with Crippen LogP contribution >= 0.6 is 0 Å². The van der Waals surface area contributed by atoms with E-state index in [1.54, 1.807) is 12.5 Å². The number of anilines is 1. The van der Waals surface area contributed by atoms with Gasteiger partial charge in [-0.2, -0.15) is 10.2 Å². The van der Waals surface area contributed by atoms with Crippen LogP contribution in [0.25, 0.3) is 10.9 Å². The zero-order valence-electron chi connectivity index (χ0n) is 9.13. The van der Waals surface area contributed by atoms with E-state index in [0.29, 0.717) is 6.54 Å². The third kappa shape index (κ3) is 1.97. The van der Waals surface area contributed by atoms with E-state index < -0.39 is 0 Å². The Morgan fingerprint density at radius 1 is 1.12 bits per heavy atom. The van der Waals surface area contributed by atoms with Crippen molar-refractivity contribution < 1.29 is 4.42 Å². The zero-order valence-corrected chi connectivity index (χ0v) is 9.13. The third-order valence-corrected chi connectivity index (χ3v) is 2.58. The SMILES string of the molecule is c1coc(CNc2cnnc3ccccc23)c1. The molecule has 3 aromatic rings. The third-order valence-electron chi connectivity index (χ3n) is 2.58. The summed E-state index contributed by atoms with van der Waals surface area (Å²) in [6.45, 7) is 0.642. The molecule has 0 spiro atoms. The Bertz CT molecular complexity index is 614. The summed E-state index contributed by atoms with van der Waals surface area (Å²) in [7, 11) is 0. The van der Waals surface area contributed by atoms with Crippen molar-refractivity contribution in [3.63, 3.8) is 0 Å². The summed E-state index contributed by atoms with van der Waals surface area (Å²) < 4.78 is 5.27. The minimum absolute atomic E-state index is 0.642. The van der Waals surface area contributed by atoms with Crippen LogP contribution in [0.4, 0.5) is 5.69 Å². The Labute approximate surface area is 98.3 Å². The van der Waals surface area contributed by atoms with Crippen molar-refractivity contribution in [1.29, 1.82) is 0 Å². The molecule has 0 saturated heterocycles. The van der Waals surface area contributed by atoms with Crippen LogP contribution in [0.15, 0.2) is 53.3 Å². The van der Waals surface area contributed by atoms with Crippen molar-refractivity contribution in [3.8, 4) is 0 Å². The molecule has 0 saturated carbocycles. The maximum atomic E-state index is 5.27. The first-order valence-corrected chi connectivity index (χ1v) is 5.40. The van der Waals surface area contributed by atoms with E-state index in [4.69, 9.17) is 4.42 Å². The van der Waals surface area contributed by atoms with Crippen LogP contribution in [-0.2, 0) is 6.54 Å². The molecule has 0 aliphatic rings. The highest BCUT2D eigenvalue weighted by Gasteiger charge is 2.02. The van der Waals surface area contributed by atoms with Gasteiger partial charge in [-0.15, -0.1) is 0 Å². The van der Waals surface area contributed by atoms with Crippen molar-refractivity contribution in [1.82, 2.24) is 10.2 Å². The molecule has 0 bridgehead atoms. The topological polar surface area (TPSA) is 51.0 Å². The quantitative estimate of drug-likeness (QED) is 0.744. The summed E-state index contributed by atoms with van der Waals surface area (Å²) >= 11 is 0. The molecule has 2 heterocycles. The van der Waals surface area contributed by atoms with E-state index in [0.717, 1.165) is 22.4 Å². The molecule has 3 rings (SSSR count). The van der Waals surface area contributed by atoms with Gasteiger partial charge in [-0.1, -0.05) is 18.2 Å². The van der Waals surface area contributed by atoms with Gasteiger partial charge in [-0.05, 0) is 18.2 Å². The predicted octanol–water partition coefficient (Wildman–Crippen LogP) is 2.83. The van der Waals surface area contributed by atoms with Crippen LogP contribution in [-0.4, -0.2) is 10.2 Å². The van der Waals surface area contributed by atoms with Gasteiger partial charge in [0.2, 0.25) is 0 Å². The largest absolute Gasteiger partial charge is 0.467 e. The second kappa shape index (κ2) is 4.25. The number of nitrogens with one attached hydrogen (secondary N) is 1. The maximum absolute atomic E-state index is 5.27. The Balaban J connectivity index is 1.90. The molecule has 4 nitrogen and oxygen atoms in total. The molecule has 1 N–H and O–H groups in total. The maximum Gasteiger partial charge on any atom is 0.122 e. The van der Waals surface area contributed by atoms with Crippen LogP contribution in [0.1, 0.15) is 5.76 Å². The summed E-state index contributed by atoms with van der Waals surface area (Å²) in [6, 6.07) is 11.7. The fourth-order valence-electron chi connectivity index (χ4n) is 1.74. The molecule has 4 heteroatoms. The number of fused-ring (bicyclic) bond motifs is 1. The van der Waals surface area contributed by atoms with Gasteiger partial charge in [0, 0.05) is 5.39 Å². The van der Waals surface area contributed by atoms with E-state index in [1.807, 2.05) is 36.4 Å². The first-order valence-electron chi connectivity index (χ1n) is 5.40.